The summed E-state index contributed by atoms with van der Waals surface area (Å²) < 4.78 is 16.8. The number of hydrogen-bond donors (Lipinski definition) is 0. The highest BCUT2D eigenvalue weighted by molar-refractivity contribution is 5.71. The summed E-state index contributed by atoms with van der Waals surface area (Å²) in [5, 5.41) is 0. The van der Waals surface area contributed by atoms with Crippen molar-refractivity contribution in [2.45, 2.75) is 232 Å². The van der Waals surface area contributed by atoms with E-state index in [-0.39, 0.29) is 44.0 Å². The summed E-state index contributed by atoms with van der Waals surface area (Å²) in [5.74, 6) is -1.04. The van der Waals surface area contributed by atoms with Gasteiger partial charge < -0.3 is 14.2 Å². The fraction of sp³-hybridized carbons (Fsp3) is 0.521. The van der Waals surface area contributed by atoms with E-state index in [9.17, 15) is 14.4 Å². The molecule has 0 saturated carbocycles. The number of allylic oxidation sites excluding steroid dienone is 32. The van der Waals surface area contributed by atoms with Crippen molar-refractivity contribution in [1.29, 1.82) is 0 Å². The van der Waals surface area contributed by atoms with Crippen LogP contribution in [0.2, 0.25) is 0 Å². The molecule has 0 heterocycles. The van der Waals surface area contributed by atoms with Gasteiger partial charge in [-0.2, -0.15) is 0 Å². The fourth-order valence-corrected chi connectivity index (χ4v) is 7.56. The van der Waals surface area contributed by atoms with Gasteiger partial charge in [-0.25, -0.2) is 0 Å². The molecule has 0 aromatic rings. The highest BCUT2D eigenvalue weighted by Crippen LogP contribution is 2.12. The molecule has 0 aromatic heterocycles. The minimum Gasteiger partial charge on any atom is -0.462 e. The summed E-state index contributed by atoms with van der Waals surface area (Å²) in [6.45, 7) is 6.19. The van der Waals surface area contributed by atoms with Crippen LogP contribution in [0.5, 0.6) is 0 Å². The number of unbranched alkanes of at least 4 members (excludes halogenated alkanes) is 10. The van der Waals surface area contributed by atoms with Crippen LogP contribution >= 0.6 is 0 Å². The zero-order valence-electron chi connectivity index (χ0n) is 50.0. The van der Waals surface area contributed by atoms with Gasteiger partial charge in [-0.15, -0.1) is 0 Å². The Labute approximate surface area is 484 Å². The van der Waals surface area contributed by atoms with E-state index in [1.807, 2.05) is 0 Å². The molecule has 6 heteroatoms. The topological polar surface area (TPSA) is 78.9 Å². The second-order valence-electron chi connectivity index (χ2n) is 19.5. The Hall–Kier alpha value is -5.75. The Morgan fingerprint density at radius 1 is 0.253 bits per heavy atom. The first-order valence-electron chi connectivity index (χ1n) is 30.9. The van der Waals surface area contributed by atoms with Gasteiger partial charge in [0.2, 0.25) is 0 Å². The van der Waals surface area contributed by atoms with Crippen molar-refractivity contribution in [2.24, 2.45) is 0 Å². The molecule has 0 aliphatic heterocycles. The van der Waals surface area contributed by atoms with Crippen LogP contribution in [0, 0.1) is 0 Å². The molecular formula is C73H110O6. The molecule has 0 spiro atoms. The third-order valence-electron chi connectivity index (χ3n) is 12.1. The molecule has 1 atom stereocenters. The van der Waals surface area contributed by atoms with E-state index in [1.54, 1.807) is 0 Å². The lowest BCUT2D eigenvalue weighted by atomic mass is 10.1. The molecule has 0 aliphatic rings. The zero-order chi connectivity index (χ0) is 57.1. The minimum atomic E-state index is -0.836. The number of carbonyl (C=O) groups excluding carboxylic acids is 3. The number of hydrogen-bond acceptors (Lipinski definition) is 6. The maximum atomic E-state index is 12.9. The highest BCUT2D eigenvalue weighted by atomic mass is 16.6. The first-order valence-corrected chi connectivity index (χ1v) is 30.9. The van der Waals surface area contributed by atoms with Gasteiger partial charge in [-0.1, -0.05) is 241 Å². The van der Waals surface area contributed by atoms with Crippen LogP contribution in [-0.4, -0.2) is 37.2 Å². The van der Waals surface area contributed by atoms with Crippen LogP contribution in [0.15, 0.2) is 194 Å². The van der Waals surface area contributed by atoms with Gasteiger partial charge in [0.25, 0.3) is 0 Å². The van der Waals surface area contributed by atoms with Gasteiger partial charge in [0.15, 0.2) is 6.10 Å². The monoisotopic (exact) mass is 1080 g/mol. The van der Waals surface area contributed by atoms with E-state index in [0.717, 1.165) is 161 Å². The Balaban J connectivity index is 4.45. The predicted molar refractivity (Wildman–Crippen MR) is 343 cm³/mol. The van der Waals surface area contributed by atoms with E-state index in [1.165, 1.54) is 12.8 Å². The molecule has 6 nitrogen and oxygen atoms in total. The van der Waals surface area contributed by atoms with Crippen LogP contribution in [0.25, 0.3) is 0 Å². The molecule has 0 aliphatic carbocycles. The molecule has 438 valence electrons. The minimum absolute atomic E-state index is 0.127. The van der Waals surface area contributed by atoms with Gasteiger partial charge in [-0.05, 0) is 161 Å². The van der Waals surface area contributed by atoms with Gasteiger partial charge in [0.05, 0.1) is 0 Å². The summed E-state index contributed by atoms with van der Waals surface area (Å²) in [7, 11) is 0. The standard InChI is InChI=1S/C73H110O6/c1-4-7-10-13-16-19-22-25-28-29-30-31-32-33-34-35-36-37-38-39-40-41-42-43-46-48-51-54-57-60-63-66-72(75)78-69-70(79-73(76)67-64-61-58-55-52-49-45-27-24-21-18-15-12-9-6-3)68-77-71(74)65-62-59-56-53-50-47-44-26-23-20-17-14-11-8-5-2/h7-12,16-21,25-28,30-31,33-34,36-37,39-40,42-45,50,52-53,55,70H,4-6,13-15,22-24,29,32,35,38,41,46-49,51,54,56-69H2,1-3H3/b10-7-,11-8-,12-9-,19-16-,20-17-,21-18-,28-25-,31-30-,34-33-,37-36-,40-39-,43-42-,44-26-,45-27-,53-50-,55-52-. The van der Waals surface area contributed by atoms with Crippen molar-refractivity contribution >= 4 is 17.9 Å². The molecule has 0 saturated heterocycles. The van der Waals surface area contributed by atoms with E-state index in [0.29, 0.717) is 19.3 Å². The van der Waals surface area contributed by atoms with Crippen molar-refractivity contribution < 1.29 is 28.6 Å². The van der Waals surface area contributed by atoms with Crippen molar-refractivity contribution in [3.8, 4) is 0 Å². The first kappa shape index (κ1) is 73.2. The zero-order valence-corrected chi connectivity index (χ0v) is 50.0. The van der Waals surface area contributed by atoms with Gasteiger partial charge in [-0.3, -0.25) is 14.4 Å². The molecular weight excluding hydrogens is 973 g/mol. The molecule has 0 amide bonds. The maximum Gasteiger partial charge on any atom is 0.306 e. The third kappa shape index (κ3) is 63.0. The molecule has 0 rings (SSSR count). The van der Waals surface area contributed by atoms with Gasteiger partial charge in [0.1, 0.15) is 13.2 Å². The molecule has 79 heavy (non-hydrogen) atoms. The lowest BCUT2D eigenvalue weighted by molar-refractivity contribution is -0.167. The third-order valence-corrected chi connectivity index (χ3v) is 12.1. The van der Waals surface area contributed by atoms with Gasteiger partial charge >= 0.3 is 17.9 Å². The summed E-state index contributed by atoms with van der Waals surface area (Å²) >= 11 is 0. The number of carbonyl (C=O) groups is 3. The van der Waals surface area contributed by atoms with E-state index >= 15 is 0 Å². The summed E-state index contributed by atoms with van der Waals surface area (Å²) in [6, 6.07) is 0. The van der Waals surface area contributed by atoms with Crippen LogP contribution in [0.3, 0.4) is 0 Å². The smallest absolute Gasteiger partial charge is 0.306 e. The normalized spacial score (nSPS) is 13.5. The lowest BCUT2D eigenvalue weighted by Crippen LogP contribution is -2.30. The Morgan fingerprint density at radius 2 is 0.456 bits per heavy atom. The van der Waals surface area contributed by atoms with E-state index in [2.05, 4.69) is 215 Å². The van der Waals surface area contributed by atoms with Crippen molar-refractivity contribution in [3.63, 3.8) is 0 Å². The summed E-state index contributed by atoms with van der Waals surface area (Å²) in [4.78, 5) is 38.2. The molecule has 0 radical (unpaired) electrons. The second kappa shape index (κ2) is 64.8. The van der Waals surface area contributed by atoms with Crippen molar-refractivity contribution in [3.05, 3.63) is 194 Å². The van der Waals surface area contributed by atoms with Crippen LogP contribution in [0.1, 0.15) is 226 Å². The maximum absolute atomic E-state index is 12.9. The quantitative estimate of drug-likeness (QED) is 0.0261. The van der Waals surface area contributed by atoms with Crippen LogP contribution in [0.4, 0.5) is 0 Å². The van der Waals surface area contributed by atoms with Crippen LogP contribution in [-0.2, 0) is 28.6 Å². The summed E-state index contributed by atoms with van der Waals surface area (Å²) in [6.07, 6.45) is 98.7. The average molecular weight is 1080 g/mol. The van der Waals surface area contributed by atoms with E-state index in [4.69, 9.17) is 14.2 Å². The fourth-order valence-electron chi connectivity index (χ4n) is 7.56. The van der Waals surface area contributed by atoms with Crippen molar-refractivity contribution in [1.82, 2.24) is 0 Å². The first-order chi connectivity index (χ1) is 39.0. The Bertz CT molecular complexity index is 1920. The largest absolute Gasteiger partial charge is 0.462 e. The molecule has 0 aromatic carbocycles. The predicted octanol–water partition coefficient (Wildman–Crippen LogP) is 21.4. The van der Waals surface area contributed by atoms with E-state index < -0.39 is 6.10 Å². The SMILES string of the molecule is CC/C=C\C/C=C\C/C=C\C/C=C\C/C=C\C/C=C\C/C=C\C/C=C\CCCCCCCCC(=O)OCC(COC(=O)CCCC/C=C\C/C=C\C/C=C\C/C=C\CC)OC(=O)CCCC/C=C\C/C=C\C/C=C\C/C=C\CC. The van der Waals surface area contributed by atoms with Gasteiger partial charge in [0, 0.05) is 19.3 Å². The Morgan fingerprint density at radius 3 is 0.734 bits per heavy atom. The molecule has 1 unspecified atom stereocenters. The Kier molecular flexibility index (Phi) is 60.1. The lowest BCUT2D eigenvalue weighted by Gasteiger charge is -2.18. The summed E-state index contributed by atoms with van der Waals surface area (Å²) in [5.41, 5.74) is 0. The number of rotatable bonds is 53. The average Bonchev–Trinajstić information content (AvgIpc) is 3.45. The number of ether oxygens (including phenoxy) is 3. The van der Waals surface area contributed by atoms with Crippen molar-refractivity contribution in [2.75, 3.05) is 13.2 Å². The highest BCUT2D eigenvalue weighted by Gasteiger charge is 2.19. The number of esters is 3. The van der Waals surface area contributed by atoms with Crippen LogP contribution < -0.4 is 0 Å². The molecule has 0 fully saturated rings. The molecule has 0 N–H and O–H groups in total. The molecule has 0 bridgehead atoms. The second-order valence-corrected chi connectivity index (χ2v) is 19.5.